The average Bonchev–Trinajstić information content (AvgIpc) is 2.46. The highest BCUT2D eigenvalue weighted by Crippen LogP contribution is 2.11. The number of carbonyl (C=O) groups excluding carboxylic acids is 1. The lowest BCUT2D eigenvalue weighted by molar-refractivity contribution is 0.102. The molecular weight excluding hydrogens is 250 g/mol. The number of nitrogens with zero attached hydrogens (tertiary/aromatic N) is 1. The van der Waals surface area contributed by atoms with Crippen molar-refractivity contribution in [3.63, 3.8) is 0 Å². The van der Waals surface area contributed by atoms with Crippen molar-refractivity contribution >= 4 is 11.7 Å². The summed E-state index contributed by atoms with van der Waals surface area (Å²) in [7, 11) is 0. The van der Waals surface area contributed by atoms with Crippen LogP contribution in [0, 0.1) is 18.8 Å². The fourth-order valence-electron chi connectivity index (χ4n) is 1.73. The molecule has 0 radical (unpaired) electrons. The summed E-state index contributed by atoms with van der Waals surface area (Å²) in [6.07, 6.45) is 0. The van der Waals surface area contributed by atoms with Crippen molar-refractivity contribution in [1.29, 1.82) is 0 Å². The molecule has 2 rings (SSSR count). The maximum Gasteiger partial charge on any atom is 0.257 e. The molecule has 100 valence electrons. The first-order chi connectivity index (χ1) is 9.70. The minimum atomic E-state index is -0.181. The van der Waals surface area contributed by atoms with E-state index < -0.39 is 0 Å². The lowest BCUT2D eigenvalue weighted by atomic mass is 10.1. The summed E-state index contributed by atoms with van der Waals surface area (Å²) in [5.41, 5.74) is 7.45. The first kappa shape index (κ1) is 13.8. The molecule has 0 aliphatic rings. The smallest absolute Gasteiger partial charge is 0.257 e. The second kappa shape index (κ2) is 6.50. The van der Waals surface area contributed by atoms with E-state index in [9.17, 15) is 4.79 Å². The molecule has 3 N–H and O–H groups in total. The maximum absolute atomic E-state index is 12.2. The standard InChI is InChI=1S/C16H15N3O/c1-12-6-2-3-9-14(12)16(20)19-15-10-4-7-13(18-15)8-5-11-17/h2-4,6-7,9-10H,11,17H2,1H3,(H,18,19,20). The van der Waals surface area contributed by atoms with E-state index in [4.69, 9.17) is 5.73 Å². The second-order valence-electron chi connectivity index (χ2n) is 4.18. The summed E-state index contributed by atoms with van der Waals surface area (Å²) >= 11 is 0. The van der Waals surface area contributed by atoms with Crippen molar-refractivity contribution in [3.8, 4) is 11.8 Å². The minimum absolute atomic E-state index is 0.181. The van der Waals surface area contributed by atoms with Gasteiger partial charge in [-0.1, -0.05) is 30.2 Å². The van der Waals surface area contributed by atoms with Gasteiger partial charge < -0.3 is 11.1 Å². The number of aromatic nitrogens is 1. The predicted octanol–water partition coefficient (Wildman–Crippen LogP) is 1.95. The topological polar surface area (TPSA) is 68.0 Å². The Bertz CT molecular complexity index is 683. The number of nitrogens with two attached hydrogens (primary N) is 1. The first-order valence-electron chi connectivity index (χ1n) is 6.23. The Hall–Kier alpha value is -2.64. The molecule has 0 aliphatic carbocycles. The van der Waals surface area contributed by atoms with Gasteiger partial charge in [-0.3, -0.25) is 4.79 Å². The van der Waals surface area contributed by atoms with Crippen LogP contribution in [0.3, 0.4) is 0 Å². The van der Waals surface area contributed by atoms with Gasteiger partial charge in [0.05, 0.1) is 6.54 Å². The number of pyridine rings is 1. The number of hydrogen-bond donors (Lipinski definition) is 2. The Morgan fingerprint density at radius 1 is 1.25 bits per heavy atom. The van der Waals surface area contributed by atoms with Gasteiger partial charge in [-0.2, -0.15) is 0 Å². The summed E-state index contributed by atoms with van der Waals surface area (Å²) in [4.78, 5) is 16.4. The van der Waals surface area contributed by atoms with Crippen LogP contribution in [0.2, 0.25) is 0 Å². The molecule has 1 aromatic heterocycles. The van der Waals surface area contributed by atoms with Gasteiger partial charge in [-0.15, -0.1) is 0 Å². The van der Waals surface area contributed by atoms with E-state index in [-0.39, 0.29) is 12.5 Å². The summed E-state index contributed by atoms with van der Waals surface area (Å²) in [6.45, 7) is 2.17. The van der Waals surface area contributed by atoms with Crippen molar-refractivity contribution in [2.75, 3.05) is 11.9 Å². The normalized spacial score (nSPS) is 9.50. The van der Waals surface area contributed by atoms with Crippen LogP contribution in [-0.4, -0.2) is 17.4 Å². The van der Waals surface area contributed by atoms with E-state index in [0.29, 0.717) is 17.1 Å². The third-order valence-electron chi connectivity index (χ3n) is 2.70. The number of carbonyl (C=O) groups is 1. The zero-order valence-corrected chi connectivity index (χ0v) is 11.2. The molecule has 1 amide bonds. The third-order valence-corrected chi connectivity index (χ3v) is 2.70. The van der Waals surface area contributed by atoms with Crippen LogP contribution in [0.15, 0.2) is 42.5 Å². The van der Waals surface area contributed by atoms with Crippen LogP contribution >= 0.6 is 0 Å². The Labute approximate surface area is 118 Å². The van der Waals surface area contributed by atoms with Crippen LogP contribution in [0.25, 0.3) is 0 Å². The van der Waals surface area contributed by atoms with Crippen molar-refractivity contribution in [2.45, 2.75) is 6.92 Å². The molecule has 20 heavy (non-hydrogen) atoms. The summed E-state index contributed by atoms with van der Waals surface area (Å²) in [6, 6.07) is 12.7. The third kappa shape index (κ3) is 3.44. The van der Waals surface area contributed by atoms with Gasteiger partial charge in [0.25, 0.3) is 5.91 Å². The molecule has 0 spiro atoms. The minimum Gasteiger partial charge on any atom is -0.320 e. The van der Waals surface area contributed by atoms with E-state index in [1.54, 1.807) is 24.3 Å². The molecule has 4 nitrogen and oxygen atoms in total. The molecule has 0 atom stereocenters. The van der Waals surface area contributed by atoms with Crippen molar-refractivity contribution in [3.05, 3.63) is 59.3 Å². The number of amides is 1. The van der Waals surface area contributed by atoms with E-state index in [0.717, 1.165) is 5.56 Å². The summed E-state index contributed by atoms with van der Waals surface area (Å²) in [5, 5.41) is 2.77. The molecule has 0 bridgehead atoms. The molecule has 2 aromatic rings. The van der Waals surface area contributed by atoms with Crippen LogP contribution in [-0.2, 0) is 0 Å². The molecule has 0 fully saturated rings. The zero-order chi connectivity index (χ0) is 14.4. The molecule has 1 aromatic carbocycles. The van der Waals surface area contributed by atoms with Crippen molar-refractivity contribution < 1.29 is 4.79 Å². The van der Waals surface area contributed by atoms with Gasteiger partial charge in [0.15, 0.2) is 0 Å². The molecular formula is C16H15N3O. The van der Waals surface area contributed by atoms with Crippen molar-refractivity contribution in [1.82, 2.24) is 4.98 Å². The summed E-state index contributed by atoms with van der Waals surface area (Å²) in [5.74, 6) is 5.85. The summed E-state index contributed by atoms with van der Waals surface area (Å²) < 4.78 is 0. The number of rotatable bonds is 2. The largest absolute Gasteiger partial charge is 0.320 e. The molecule has 0 aliphatic heterocycles. The molecule has 0 unspecified atom stereocenters. The predicted molar refractivity (Wildman–Crippen MR) is 79.3 cm³/mol. The fraction of sp³-hybridized carbons (Fsp3) is 0.125. The number of benzene rings is 1. The zero-order valence-electron chi connectivity index (χ0n) is 11.2. The quantitative estimate of drug-likeness (QED) is 0.815. The number of anilines is 1. The molecule has 4 heteroatoms. The number of aryl methyl sites for hydroxylation is 1. The monoisotopic (exact) mass is 265 g/mol. The SMILES string of the molecule is Cc1ccccc1C(=O)Nc1cccc(C#CCN)n1. The van der Waals surface area contributed by atoms with Gasteiger partial charge in [0.1, 0.15) is 11.5 Å². The van der Waals surface area contributed by atoms with Crippen LogP contribution in [0.1, 0.15) is 21.6 Å². The lowest BCUT2D eigenvalue weighted by Crippen LogP contribution is -2.14. The molecule has 1 heterocycles. The Kier molecular flexibility index (Phi) is 4.48. The number of nitrogens with one attached hydrogen (secondary N) is 1. The van der Waals surface area contributed by atoms with Crippen LogP contribution in [0.4, 0.5) is 5.82 Å². The highest BCUT2D eigenvalue weighted by Gasteiger charge is 2.08. The fourth-order valence-corrected chi connectivity index (χ4v) is 1.73. The maximum atomic E-state index is 12.2. The second-order valence-corrected chi connectivity index (χ2v) is 4.18. The highest BCUT2D eigenvalue weighted by atomic mass is 16.1. The average molecular weight is 265 g/mol. The van der Waals surface area contributed by atoms with Gasteiger partial charge in [-0.25, -0.2) is 4.98 Å². The van der Waals surface area contributed by atoms with E-state index in [2.05, 4.69) is 22.1 Å². The Balaban J connectivity index is 2.18. The van der Waals surface area contributed by atoms with Gasteiger partial charge in [0, 0.05) is 5.56 Å². The molecule has 0 saturated carbocycles. The lowest BCUT2D eigenvalue weighted by Gasteiger charge is -2.06. The van der Waals surface area contributed by atoms with E-state index in [1.807, 2.05) is 25.1 Å². The van der Waals surface area contributed by atoms with Crippen LogP contribution < -0.4 is 11.1 Å². The van der Waals surface area contributed by atoms with Crippen LogP contribution in [0.5, 0.6) is 0 Å². The molecule has 0 saturated heterocycles. The van der Waals surface area contributed by atoms with E-state index >= 15 is 0 Å². The van der Waals surface area contributed by atoms with E-state index in [1.165, 1.54) is 0 Å². The highest BCUT2D eigenvalue weighted by molar-refractivity contribution is 6.04. The Morgan fingerprint density at radius 3 is 2.80 bits per heavy atom. The van der Waals surface area contributed by atoms with Gasteiger partial charge in [0.2, 0.25) is 0 Å². The Morgan fingerprint density at radius 2 is 2.05 bits per heavy atom. The first-order valence-corrected chi connectivity index (χ1v) is 6.23. The van der Waals surface area contributed by atoms with Crippen molar-refractivity contribution in [2.24, 2.45) is 5.73 Å². The number of hydrogen-bond acceptors (Lipinski definition) is 3. The van der Waals surface area contributed by atoms with Gasteiger partial charge in [-0.05, 0) is 36.6 Å². The van der Waals surface area contributed by atoms with Gasteiger partial charge >= 0.3 is 0 Å².